The number of aliphatic hydroxyl groups excluding tert-OH is 1. The molecular formula is C23H32O2. The number of rotatable bonds is 8. The Morgan fingerprint density at radius 1 is 0.960 bits per heavy atom. The maximum atomic E-state index is 9.72. The summed E-state index contributed by atoms with van der Waals surface area (Å²) in [5.74, 6) is 1.24. The molecule has 0 aliphatic carbocycles. The minimum atomic E-state index is -0.226. The molecule has 2 aromatic rings. The van der Waals surface area contributed by atoms with Gasteiger partial charge in [0.2, 0.25) is 0 Å². The molecule has 0 spiro atoms. The highest BCUT2D eigenvalue weighted by Gasteiger charge is 2.22. The van der Waals surface area contributed by atoms with Crippen molar-refractivity contribution in [3.8, 4) is 5.75 Å². The fraction of sp³-hybridized carbons (Fsp3) is 0.478. The fourth-order valence-electron chi connectivity index (χ4n) is 3.04. The van der Waals surface area contributed by atoms with E-state index in [1.54, 1.807) is 0 Å². The normalized spacial score (nSPS) is 14.2. The molecule has 0 saturated carbocycles. The molecule has 2 rings (SSSR count). The Bertz CT molecular complexity index is 641. The van der Waals surface area contributed by atoms with Crippen LogP contribution >= 0.6 is 0 Å². The van der Waals surface area contributed by atoms with Gasteiger partial charge in [0.15, 0.2) is 0 Å². The zero-order valence-corrected chi connectivity index (χ0v) is 16.3. The first-order valence-electron chi connectivity index (χ1n) is 9.31. The molecular weight excluding hydrogens is 308 g/mol. The number of benzene rings is 2. The summed E-state index contributed by atoms with van der Waals surface area (Å²) in [4.78, 5) is 0. The summed E-state index contributed by atoms with van der Waals surface area (Å²) in [5.41, 5.74) is 3.84. The van der Waals surface area contributed by atoms with Crippen LogP contribution in [0.4, 0.5) is 0 Å². The van der Waals surface area contributed by atoms with Crippen molar-refractivity contribution in [2.75, 3.05) is 6.61 Å². The van der Waals surface area contributed by atoms with Gasteiger partial charge in [0, 0.05) is 5.41 Å². The van der Waals surface area contributed by atoms with Gasteiger partial charge in [0.1, 0.15) is 5.75 Å². The van der Waals surface area contributed by atoms with Crippen LogP contribution in [-0.4, -0.2) is 17.8 Å². The third-order valence-corrected chi connectivity index (χ3v) is 5.03. The largest absolute Gasteiger partial charge is 0.493 e. The summed E-state index contributed by atoms with van der Waals surface area (Å²) in [6.45, 7) is 11.4. The van der Waals surface area contributed by atoms with Gasteiger partial charge >= 0.3 is 0 Å². The van der Waals surface area contributed by atoms with Crippen LogP contribution in [0.2, 0.25) is 0 Å². The van der Waals surface area contributed by atoms with Crippen LogP contribution in [0, 0.1) is 12.8 Å². The van der Waals surface area contributed by atoms with E-state index in [1.165, 1.54) is 16.7 Å². The molecule has 2 atom stereocenters. The van der Waals surface area contributed by atoms with E-state index in [0.29, 0.717) is 12.5 Å². The van der Waals surface area contributed by atoms with E-state index in [0.717, 1.165) is 18.6 Å². The van der Waals surface area contributed by atoms with Gasteiger partial charge in [-0.05, 0) is 48.9 Å². The molecule has 0 amide bonds. The number of aryl methyl sites for hydroxylation is 1. The minimum Gasteiger partial charge on any atom is -0.493 e. The van der Waals surface area contributed by atoms with E-state index in [1.807, 2.05) is 19.1 Å². The highest BCUT2D eigenvalue weighted by molar-refractivity contribution is 5.40. The number of hydrogen-bond acceptors (Lipinski definition) is 2. The van der Waals surface area contributed by atoms with Gasteiger partial charge in [0.25, 0.3) is 0 Å². The molecule has 0 saturated heterocycles. The molecule has 0 radical (unpaired) electrons. The molecule has 0 heterocycles. The molecule has 136 valence electrons. The molecule has 0 aliphatic heterocycles. The van der Waals surface area contributed by atoms with E-state index in [9.17, 15) is 5.11 Å². The van der Waals surface area contributed by atoms with Crippen LogP contribution in [0.1, 0.15) is 57.2 Å². The number of ether oxygens (including phenoxy) is 1. The van der Waals surface area contributed by atoms with E-state index in [2.05, 4.69) is 64.1 Å². The average Bonchev–Trinajstić information content (AvgIpc) is 2.60. The van der Waals surface area contributed by atoms with Crippen molar-refractivity contribution in [3.63, 3.8) is 0 Å². The highest BCUT2D eigenvalue weighted by atomic mass is 16.5. The Morgan fingerprint density at radius 2 is 1.48 bits per heavy atom. The summed E-state index contributed by atoms with van der Waals surface area (Å²) < 4.78 is 5.89. The van der Waals surface area contributed by atoms with Gasteiger partial charge < -0.3 is 9.84 Å². The van der Waals surface area contributed by atoms with Gasteiger partial charge in [-0.3, -0.25) is 0 Å². The first kappa shape index (κ1) is 19.5. The highest BCUT2D eigenvalue weighted by Crippen LogP contribution is 2.32. The van der Waals surface area contributed by atoms with E-state index in [4.69, 9.17) is 4.74 Å². The smallest absolute Gasteiger partial charge is 0.119 e. The lowest BCUT2D eigenvalue weighted by Crippen LogP contribution is -2.19. The average molecular weight is 341 g/mol. The molecule has 0 aromatic heterocycles. The van der Waals surface area contributed by atoms with Crippen molar-refractivity contribution < 1.29 is 9.84 Å². The minimum absolute atomic E-state index is 0.0369. The van der Waals surface area contributed by atoms with E-state index < -0.39 is 0 Å². The summed E-state index contributed by atoms with van der Waals surface area (Å²) in [6.07, 6.45) is 1.36. The Labute approximate surface area is 152 Å². The molecule has 25 heavy (non-hydrogen) atoms. The van der Waals surface area contributed by atoms with Gasteiger partial charge in [-0.15, -0.1) is 0 Å². The monoisotopic (exact) mass is 340 g/mol. The first-order valence-corrected chi connectivity index (χ1v) is 9.31. The van der Waals surface area contributed by atoms with Crippen molar-refractivity contribution in [3.05, 3.63) is 65.2 Å². The summed E-state index contributed by atoms with van der Waals surface area (Å²) in [6, 6.07) is 17.2. The lowest BCUT2D eigenvalue weighted by molar-refractivity contribution is 0.124. The molecule has 2 unspecified atom stereocenters. The second-order valence-electron chi connectivity index (χ2n) is 7.73. The fourth-order valence-corrected chi connectivity index (χ4v) is 3.04. The van der Waals surface area contributed by atoms with Gasteiger partial charge in [-0.25, -0.2) is 0 Å². The lowest BCUT2D eigenvalue weighted by Gasteiger charge is -2.26. The molecule has 2 nitrogen and oxygen atoms in total. The lowest BCUT2D eigenvalue weighted by atomic mass is 9.78. The summed E-state index contributed by atoms with van der Waals surface area (Å²) in [5, 5.41) is 9.72. The molecule has 0 bridgehead atoms. The molecule has 1 N–H and O–H groups in total. The van der Waals surface area contributed by atoms with Crippen molar-refractivity contribution in [2.24, 2.45) is 5.92 Å². The van der Waals surface area contributed by atoms with Crippen molar-refractivity contribution >= 4 is 0 Å². The van der Waals surface area contributed by atoms with Crippen molar-refractivity contribution in [2.45, 2.75) is 59.0 Å². The Hall–Kier alpha value is -1.80. The SMILES string of the molecule is CCC(O)CC(C)COc1ccc(C(C)(C)c2ccc(C)cc2)cc1. The van der Waals surface area contributed by atoms with Gasteiger partial charge in [-0.1, -0.05) is 69.7 Å². The van der Waals surface area contributed by atoms with Crippen LogP contribution in [0.5, 0.6) is 5.75 Å². The zero-order chi connectivity index (χ0) is 18.4. The maximum absolute atomic E-state index is 9.72. The third-order valence-electron chi connectivity index (χ3n) is 5.03. The second kappa shape index (κ2) is 8.53. The first-order chi connectivity index (χ1) is 11.8. The van der Waals surface area contributed by atoms with Crippen molar-refractivity contribution in [1.82, 2.24) is 0 Å². The molecule has 2 heteroatoms. The third kappa shape index (κ3) is 5.34. The van der Waals surface area contributed by atoms with Gasteiger partial charge in [-0.2, -0.15) is 0 Å². The Morgan fingerprint density at radius 3 is 2.00 bits per heavy atom. The van der Waals surface area contributed by atoms with Crippen LogP contribution < -0.4 is 4.74 Å². The molecule has 0 fully saturated rings. The predicted molar refractivity (Wildman–Crippen MR) is 105 cm³/mol. The predicted octanol–water partition coefficient (Wildman–Crippen LogP) is 5.50. The quantitative estimate of drug-likeness (QED) is 0.688. The van der Waals surface area contributed by atoms with Crippen LogP contribution in [-0.2, 0) is 5.41 Å². The second-order valence-corrected chi connectivity index (χ2v) is 7.73. The van der Waals surface area contributed by atoms with Crippen LogP contribution in [0.15, 0.2) is 48.5 Å². The summed E-state index contributed by atoms with van der Waals surface area (Å²) >= 11 is 0. The van der Waals surface area contributed by atoms with Gasteiger partial charge in [0.05, 0.1) is 12.7 Å². The van der Waals surface area contributed by atoms with Crippen LogP contribution in [0.3, 0.4) is 0 Å². The molecule has 2 aromatic carbocycles. The zero-order valence-electron chi connectivity index (χ0n) is 16.3. The van der Waals surface area contributed by atoms with Crippen molar-refractivity contribution in [1.29, 1.82) is 0 Å². The standard InChI is InChI=1S/C23H32O2/c1-6-21(24)15-18(3)16-25-22-13-11-20(12-14-22)23(4,5)19-9-7-17(2)8-10-19/h7-14,18,21,24H,6,15-16H2,1-5H3. The van der Waals surface area contributed by atoms with E-state index in [-0.39, 0.29) is 11.5 Å². The summed E-state index contributed by atoms with van der Waals surface area (Å²) in [7, 11) is 0. The Kier molecular flexibility index (Phi) is 6.66. The topological polar surface area (TPSA) is 29.5 Å². The number of aliphatic hydroxyl groups is 1. The van der Waals surface area contributed by atoms with Crippen LogP contribution in [0.25, 0.3) is 0 Å². The maximum Gasteiger partial charge on any atom is 0.119 e. The van der Waals surface area contributed by atoms with E-state index >= 15 is 0 Å². The molecule has 0 aliphatic rings. The number of hydrogen-bond donors (Lipinski definition) is 1. The Balaban J connectivity index is 2.00.